The normalized spacial score (nSPS) is 12.6. The van der Waals surface area contributed by atoms with E-state index in [1.165, 1.54) is 19.1 Å². The Bertz CT molecular complexity index is 1210. The molecule has 0 aliphatic carbocycles. The monoisotopic (exact) mass is 408 g/mol. The highest BCUT2D eigenvalue weighted by molar-refractivity contribution is 6.08. The van der Waals surface area contributed by atoms with Crippen molar-refractivity contribution < 1.29 is 0 Å². The highest BCUT2D eigenvalue weighted by atomic mass is 15.0. The van der Waals surface area contributed by atoms with Crippen molar-refractivity contribution in [3.63, 3.8) is 0 Å². The number of benzene rings is 1. The predicted molar refractivity (Wildman–Crippen MR) is 111 cm³/mol. The SMILES string of the molecule is CC(C#N)(Nc1cc(N=CC#N)c(N=CC#N)cc1NC(C#N)C(=N)C#N)C(=N)C#N. The van der Waals surface area contributed by atoms with E-state index in [4.69, 9.17) is 31.9 Å². The molecule has 2 atom stereocenters. The molecule has 12 nitrogen and oxygen atoms in total. The summed E-state index contributed by atoms with van der Waals surface area (Å²) in [5, 5.41) is 75.0. The molecule has 0 saturated heterocycles. The van der Waals surface area contributed by atoms with Crippen molar-refractivity contribution in [3.05, 3.63) is 12.1 Å². The summed E-state index contributed by atoms with van der Waals surface area (Å²) in [4.78, 5) is 7.82. The van der Waals surface area contributed by atoms with E-state index in [0.717, 1.165) is 12.4 Å². The Balaban J connectivity index is 3.78. The maximum atomic E-state index is 9.49. The summed E-state index contributed by atoms with van der Waals surface area (Å²) in [5.41, 5.74) is -2.64. The Labute approximate surface area is 177 Å². The number of nitrogens with zero attached hydrogens (tertiary/aromatic N) is 8. The van der Waals surface area contributed by atoms with Gasteiger partial charge < -0.3 is 10.6 Å². The molecule has 0 spiro atoms. The second-order valence-electron chi connectivity index (χ2n) is 5.74. The molecule has 0 aliphatic rings. The molecule has 12 heteroatoms. The molecule has 0 saturated carbocycles. The van der Waals surface area contributed by atoms with Crippen molar-refractivity contribution >= 4 is 46.6 Å². The van der Waals surface area contributed by atoms with Crippen LogP contribution in [0.4, 0.5) is 22.7 Å². The van der Waals surface area contributed by atoms with E-state index in [9.17, 15) is 10.5 Å². The van der Waals surface area contributed by atoms with Crippen molar-refractivity contribution in [3.8, 4) is 36.4 Å². The summed E-state index contributed by atoms with van der Waals surface area (Å²) >= 11 is 0. The lowest BCUT2D eigenvalue weighted by molar-refractivity contribution is 0.862. The van der Waals surface area contributed by atoms with Gasteiger partial charge in [0.05, 0.1) is 34.9 Å². The van der Waals surface area contributed by atoms with Crippen LogP contribution in [0.2, 0.25) is 0 Å². The number of hydrogen-bond donors (Lipinski definition) is 4. The van der Waals surface area contributed by atoms with Crippen LogP contribution < -0.4 is 10.6 Å². The maximum Gasteiger partial charge on any atom is 0.174 e. The predicted octanol–water partition coefficient (Wildman–Crippen LogP) is 2.22. The van der Waals surface area contributed by atoms with Gasteiger partial charge in [0, 0.05) is 0 Å². The lowest BCUT2D eigenvalue weighted by atomic mass is 9.97. The topological polar surface area (TPSA) is 239 Å². The van der Waals surface area contributed by atoms with E-state index in [1.807, 2.05) is 6.07 Å². The molecule has 0 aromatic heterocycles. The molecule has 0 radical (unpaired) electrons. The first-order chi connectivity index (χ1) is 14.8. The highest BCUT2D eigenvalue weighted by Gasteiger charge is 2.31. The molecule has 148 valence electrons. The fraction of sp³-hybridized carbons (Fsp3) is 0.158. The van der Waals surface area contributed by atoms with Crippen LogP contribution >= 0.6 is 0 Å². The Morgan fingerprint density at radius 3 is 1.94 bits per heavy atom. The number of aliphatic imine (C=N–C) groups is 2. The van der Waals surface area contributed by atoms with Gasteiger partial charge in [0.1, 0.15) is 48.1 Å². The van der Waals surface area contributed by atoms with Gasteiger partial charge in [-0.05, 0) is 19.1 Å². The van der Waals surface area contributed by atoms with Crippen LogP contribution in [0.5, 0.6) is 0 Å². The Morgan fingerprint density at radius 1 is 0.968 bits per heavy atom. The van der Waals surface area contributed by atoms with Crippen LogP contribution in [0, 0.1) is 78.8 Å². The minimum absolute atomic E-state index is 0.0658. The zero-order chi connectivity index (χ0) is 23.4. The first kappa shape index (κ1) is 23.5. The van der Waals surface area contributed by atoms with Crippen LogP contribution in [-0.4, -0.2) is 35.4 Å². The summed E-state index contributed by atoms with van der Waals surface area (Å²) in [6, 6.07) is 11.3. The third-order valence-electron chi connectivity index (χ3n) is 3.70. The average molecular weight is 408 g/mol. The van der Waals surface area contributed by atoms with E-state index in [2.05, 4.69) is 20.6 Å². The van der Waals surface area contributed by atoms with E-state index < -0.39 is 23.0 Å². The number of anilines is 2. The quantitative estimate of drug-likeness (QED) is 0.463. The molecular weight excluding hydrogens is 396 g/mol. The zero-order valence-electron chi connectivity index (χ0n) is 16.0. The molecule has 0 bridgehead atoms. The second-order valence-corrected chi connectivity index (χ2v) is 5.74. The van der Waals surface area contributed by atoms with Gasteiger partial charge in [-0.2, -0.15) is 31.6 Å². The highest BCUT2D eigenvalue weighted by Crippen LogP contribution is 2.38. The van der Waals surface area contributed by atoms with Gasteiger partial charge in [0.15, 0.2) is 11.6 Å². The van der Waals surface area contributed by atoms with Gasteiger partial charge in [-0.25, -0.2) is 9.98 Å². The molecule has 2 unspecified atom stereocenters. The standard InChI is InChI=1S/C19H12N12/c1-19(11-25,18(27)10-24)31-16-7-14(29-5-3-21)13(28-4-2-20)6-15(16)30-17(9-23)12(26)8-22/h4-7,17,26-27,30-31H,1H3. The van der Waals surface area contributed by atoms with Crippen molar-refractivity contribution in [2.24, 2.45) is 9.98 Å². The molecule has 31 heavy (non-hydrogen) atoms. The minimum Gasteiger partial charge on any atom is -0.363 e. The van der Waals surface area contributed by atoms with E-state index in [-0.39, 0.29) is 22.7 Å². The summed E-state index contributed by atoms with van der Waals surface area (Å²) in [7, 11) is 0. The lowest BCUT2D eigenvalue weighted by Crippen LogP contribution is -2.41. The van der Waals surface area contributed by atoms with E-state index >= 15 is 0 Å². The average Bonchev–Trinajstić information content (AvgIpc) is 2.79. The number of nitriles is 6. The molecule has 0 aliphatic heterocycles. The second kappa shape index (κ2) is 10.7. The molecule has 0 fully saturated rings. The van der Waals surface area contributed by atoms with Gasteiger partial charge in [-0.3, -0.25) is 10.8 Å². The summed E-state index contributed by atoms with van der Waals surface area (Å²) < 4.78 is 0. The zero-order valence-corrected chi connectivity index (χ0v) is 16.0. The summed E-state index contributed by atoms with van der Waals surface area (Å²) in [6.45, 7) is 1.28. The summed E-state index contributed by atoms with van der Waals surface area (Å²) in [5.74, 6) is 0. The summed E-state index contributed by atoms with van der Waals surface area (Å²) in [6.07, 6.45) is 1.81. The van der Waals surface area contributed by atoms with Crippen molar-refractivity contribution in [2.45, 2.75) is 18.5 Å². The Hall–Kier alpha value is -5.56. The van der Waals surface area contributed by atoms with Crippen LogP contribution in [0.15, 0.2) is 22.1 Å². The van der Waals surface area contributed by atoms with Gasteiger partial charge in [-0.15, -0.1) is 0 Å². The molecule has 4 N–H and O–H groups in total. The van der Waals surface area contributed by atoms with E-state index in [1.54, 1.807) is 30.3 Å². The third-order valence-corrected chi connectivity index (χ3v) is 3.70. The van der Waals surface area contributed by atoms with E-state index in [0.29, 0.717) is 0 Å². The molecular formula is C19H12N12. The maximum absolute atomic E-state index is 9.49. The molecule has 0 heterocycles. The Morgan fingerprint density at radius 2 is 1.52 bits per heavy atom. The van der Waals surface area contributed by atoms with Crippen LogP contribution in [0.3, 0.4) is 0 Å². The van der Waals surface area contributed by atoms with Gasteiger partial charge in [0.2, 0.25) is 0 Å². The lowest BCUT2D eigenvalue weighted by Gasteiger charge is -2.25. The van der Waals surface area contributed by atoms with Crippen LogP contribution in [0.1, 0.15) is 6.92 Å². The fourth-order valence-corrected chi connectivity index (χ4v) is 2.12. The number of hydrogen-bond acceptors (Lipinski definition) is 12. The molecule has 0 amide bonds. The Kier molecular flexibility index (Phi) is 8.10. The minimum atomic E-state index is -1.77. The third kappa shape index (κ3) is 5.71. The smallest absolute Gasteiger partial charge is 0.174 e. The number of nitrogens with one attached hydrogen (secondary N) is 4. The van der Waals surface area contributed by atoms with Gasteiger partial charge in [-0.1, -0.05) is 0 Å². The van der Waals surface area contributed by atoms with Crippen LogP contribution in [-0.2, 0) is 0 Å². The molecule has 1 aromatic carbocycles. The van der Waals surface area contributed by atoms with Crippen molar-refractivity contribution in [1.29, 1.82) is 42.4 Å². The van der Waals surface area contributed by atoms with Gasteiger partial charge >= 0.3 is 0 Å². The largest absolute Gasteiger partial charge is 0.363 e. The van der Waals surface area contributed by atoms with Crippen molar-refractivity contribution in [1.82, 2.24) is 0 Å². The first-order valence-corrected chi connectivity index (χ1v) is 8.15. The van der Waals surface area contributed by atoms with Crippen LogP contribution in [0.25, 0.3) is 0 Å². The van der Waals surface area contributed by atoms with Gasteiger partial charge in [0.25, 0.3) is 0 Å². The van der Waals surface area contributed by atoms with Crippen molar-refractivity contribution in [2.75, 3.05) is 10.6 Å². The first-order valence-electron chi connectivity index (χ1n) is 8.15. The number of rotatable bonds is 8. The fourth-order valence-electron chi connectivity index (χ4n) is 2.12. The molecule has 1 aromatic rings. The molecule has 1 rings (SSSR count).